The van der Waals surface area contributed by atoms with E-state index in [2.05, 4.69) is 20.6 Å². The SMILES string of the molecule is CCOc1ccc(Cn2cc(NC(=O)c3[nH]nc(OC)c3[N+](=O)[O-])cn2)cc1OCC. The van der Waals surface area contributed by atoms with Gasteiger partial charge in [0.1, 0.15) is 0 Å². The third-order valence-electron chi connectivity index (χ3n) is 4.16. The third-order valence-corrected chi connectivity index (χ3v) is 4.16. The number of rotatable bonds is 10. The molecule has 0 spiro atoms. The van der Waals surface area contributed by atoms with E-state index in [0.29, 0.717) is 36.9 Å². The number of amides is 1. The van der Waals surface area contributed by atoms with Crippen LogP contribution in [0.4, 0.5) is 11.4 Å². The molecule has 12 nitrogen and oxygen atoms in total. The summed E-state index contributed by atoms with van der Waals surface area (Å²) in [4.78, 5) is 22.9. The highest BCUT2D eigenvalue weighted by Crippen LogP contribution is 2.30. The summed E-state index contributed by atoms with van der Waals surface area (Å²) in [5.41, 5.74) is 0.429. The number of hydrogen-bond acceptors (Lipinski definition) is 8. The molecule has 2 aromatic heterocycles. The average Bonchev–Trinajstić information content (AvgIpc) is 3.37. The standard InChI is InChI=1S/C19H22N6O6/c1-4-30-14-7-6-12(8-15(14)31-5-2)10-24-11-13(9-20-24)21-18(26)16-17(25(27)28)19(29-3)23-22-16/h6-9,11H,4-5,10H2,1-3H3,(H,21,26)(H,22,23). The molecule has 0 radical (unpaired) electrons. The van der Waals surface area contributed by atoms with Crippen molar-refractivity contribution in [2.24, 2.45) is 0 Å². The first kappa shape index (κ1) is 21.6. The monoisotopic (exact) mass is 430 g/mol. The third kappa shape index (κ3) is 4.91. The Morgan fingerprint density at radius 3 is 2.68 bits per heavy atom. The molecule has 3 rings (SSSR count). The molecule has 3 aromatic rings. The number of carbonyl (C=O) groups excluding carboxylic acids is 1. The summed E-state index contributed by atoms with van der Waals surface area (Å²) in [6, 6.07) is 5.60. The molecule has 0 bridgehead atoms. The number of aromatic amines is 1. The van der Waals surface area contributed by atoms with Gasteiger partial charge < -0.3 is 19.5 Å². The van der Waals surface area contributed by atoms with Gasteiger partial charge in [0.05, 0.1) is 43.7 Å². The van der Waals surface area contributed by atoms with Crippen LogP contribution < -0.4 is 19.5 Å². The Bertz CT molecular complexity index is 1080. The van der Waals surface area contributed by atoms with Gasteiger partial charge in [0.25, 0.3) is 5.91 Å². The molecule has 2 N–H and O–H groups in total. The maximum absolute atomic E-state index is 12.4. The maximum atomic E-state index is 12.4. The van der Waals surface area contributed by atoms with Crippen LogP contribution in [0.5, 0.6) is 17.4 Å². The highest BCUT2D eigenvalue weighted by molar-refractivity contribution is 6.06. The Balaban J connectivity index is 1.72. The molecule has 0 unspecified atom stereocenters. The molecule has 0 saturated carbocycles. The van der Waals surface area contributed by atoms with E-state index in [0.717, 1.165) is 5.56 Å². The van der Waals surface area contributed by atoms with Gasteiger partial charge >= 0.3 is 11.6 Å². The Morgan fingerprint density at radius 2 is 2.00 bits per heavy atom. The zero-order chi connectivity index (χ0) is 22.4. The lowest BCUT2D eigenvalue weighted by Gasteiger charge is -2.12. The van der Waals surface area contributed by atoms with Crippen LogP contribution in [-0.4, -0.2) is 51.1 Å². The van der Waals surface area contributed by atoms with Crippen molar-refractivity contribution in [1.29, 1.82) is 0 Å². The summed E-state index contributed by atoms with van der Waals surface area (Å²) in [5.74, 6) is 0.300. The van der Waals surface area contributed by atoms with Crippen LogP contribution in [0.25, 0.3) is 0 Å². The summed E-state index contributed by atoms with van der Waals surface area (Å²) in [6.45, 7) is 5.25. The Kier molecular flexibility index (Phi) is 6.70. The van der Waals surface area contributed by atoms with Crippen molar-refractivity contribution in [3.05, 3.63) is 52.0 Å². The predicted octanol–water partition coefficient (Wildman–Crippen LogP) is 2.62. The van der Waals surface area contributed by atoms with Crippen molar-refractivity contribution in [3.63, 3.8) is 0 Å². The van der Waals surface area contributed by atoms with E-state index in [1.54, 1.807) is 10.9 Å². The van der Waals surface area contributed by atoms with Crippen molar-refractivity contribution in [2.45, 2.75) is 20.4 Å². The number of hydrogen-bond donors (Lipinski definition) is 2. The summed E-state index contributed by atoms with van der Waals surface area (Å²) in [5, 5.41) is 23.9. The van der Waals surface area contributed by atoms with Crippen molar-refractivity contribution in [1.82, 2.24) is 20.0 Å². The average molecular weight is 430 g/mol. The minimum atomic E-state index is -0.734. The van der Waals surface area contributed by atoms with Crippen LogP contribution in [0.1, 0.15) is 29.9 Å². The molecule has 0 fully saturated rings. The van der Waals surface area contributed by atoms with Crippen LogP contribution in [0.2, 0.25) is 0 Å². The molecular formula is C19H22N6O6. The Hall–Kier alpha value is -4.09. The first-order valence-electron chi connectivity index (χ1n) is 9.45. The molecule has 2 heterocycles. The number of nitrogens with zero attached hydrogens (tertiary/aromatic N) is 4. The van der Waals surface area contributed by atoms with E-state index in [9.17, 15) is 14.9 Å². The minimum absolute atomic E-state index is 0.272. The van der Waals surface area contributed by atoms with Gasteiger partial charge in [0.15, 0.2) is 11.5 Å². The largest absolute Gasteiger partial charge is 0.490 e. The topological polar surface area (TPSA) is 146 Å². The first-order valence-corrected chi connectivity index (χ1v) is 9.45. The number of nitro groups is 1. The molecule has 12 heteroatoms. The molecule has 1 aromatic carbocycles. The van der Waals surface area contributed by atoms with E-state index < -0.39 is 16.5 Å². The number of methoxy groups -OCH3 is 1. The molecule has 31 heavy (non-hydrogen) atoms. The van der Waals surface area contributed by atoms with Gasteiger partial charge in [-0.2, -0.15) is 5.10 Å². The van der Waals surface area contributed by atoms with E-state index in [4.69, 9.17) is 14.2 Å². The highest BCUT2D eigenvalue weighted by atomic mass is 16.6. The van der Waals surface area contributed by atoms with Crippen molar-refractivity contribution in [2.75, 3.05) is 25.6 Å². The van der Waals surface area contributed by atoms with Crippen molar-refractivity contribution >= 4 is 17.3 Å². The normalized spacial score (nSPS) is 10.5. The zero-order valence-corrected chi connectivity index (χ0v) is 17.2. The van der Waals surface area contributed by atoms with E-state index in [1.165, 1.54) is 13.3 Å². The number of carbonyl (C=O) groups is 1. The Morgan fingerprint density at radius 1 is 1.26 bits per heavy atom. The number of ether oxygens (including phenoxy) is 3. The van der Waals surface area contributed by atoms with Gasteiger partial charge in [-0.05, 0) is 31.5 Å². The number of benzene rings is 1. The Labute approximate surface area is 177 Å². The summed E-state index contributed by atoms with van der Waals surface area (Å²) < 4.78 is 17.6. The van der Waals surface area contributed by atoms with Crippen molar-refractivity contribution < 1.29 is 23.9 Å². The predicted molar refractivity (Wildman–Crippen MR) is 110 cm³/mol. The summed E-state index contributed by atoms with van der Waals surface area (Å²) >= 11 is 0. The van der Waals surface area contributed by atoms with Gasteiger partial charge in [0, 0.05) is 6.20 Å². The van der Waals surface area contributed by atoms with E-state index >= 15 is 0 Å². The van der Waals surface area contributed by atoms with Gasteiger partial charge in [-0.3, -0.25) is 24.7 Å². The fourth-order valence-corrected chi connectivity index (χ4v) is 2.88. The second-order valence-corrected chi connectivity index (χ2v) is 6.24. The molecular weight excluding hydrogens is 408 g/mol. The lowest BCUT2D eigenvalue weighted by Crippen LogP contribution is -2.14. The van der Waals surface area contributed by atoms with Crippen molar-refractivity contribution in [3.8, 4) is 17.4 Å². The number of anilines is 1. The molecule has 0 aliphatic heterocycles. The van der Waals surface area contributed by atoms with Gasteiger partial charge in [-0.1, -0.05) is 6.07 Å². The molecule has 0 aliphatic rings. The highest BCUT2D eigenvalue weighted by Gasteiger charge is 2.30. The maximum Gasteiger partial charge on any atom is 0.362 e. The molecule has 0 atom stereocenters. The number of nitrogens with one attached hydrogen (secondary N) is 2. The van der Waals surface area contributed by atoms with Crippen LogP contribution in [-0.2, 0) is 6.54 Å². The van der Waals surface area contributed by atoms with E-state index in [-0.39, 0.29) is 11.6 Å². The zero-order valence-electron chi connectivity index (χ0n) is 17.2. The van der Waals surface area contributed by atoms with Crippen LogP contribution >= 0.6 is 0 Å². The van der Waals surface area contributed by atoms with E-state index in [1.807, 2.05) is 32.0 Å². The quantitative estimate of drug-likeness (QED) is 0.369. The molecule has 0 aliphatic carbocycles. The second kappa shape index (κ2) is 9.61. The smallest absolute Gasteiger partial charge is 0.362 e. The van der Waals surface area contributed by atoms with Crippen LogP contribution in [0, 0.1) is 10.1 Å². The van der Waals surface area contributed by atoms with Gasteiger partial charge in [0.2, 0.25) is 5.69 Å². The van der Waals surface area contributed by atoms with Crippen LogP contribution in [0.3, 0.4) is 0 Å². The van der Waals surface area contributed by atoms with Crippen LogP contribution in [0.15, 0.2) is 30.6 Å². The van der Waals surface area contributed by atoms with Gasteiger partial charge in [-0.15, -0.1) is 5.10 Å². The minimum Gasteiger partial charge on any atom is -0.490 e. The number of aromatic nitrogens is 4. The number of H-pyrrole nitrogens is 1. The fourth-order valence-electron chi connectivity index (χ4n) is 2.88. The summed E-state index contributed by atoms with van der Waals surface area (Å²) in [6.07, 6.45) is 3.05. The summed E-state index contributed by atoms with van der Waals surface area (Å²) in [7, 11) is 1.23. The lowest BCUT2D eigenvalue weighted by atomic mass is 10.2. The fraction of sp³-hybridized carbons (Fsp3) is 0.316. The molecule has 0 saturated heterocycles. The lowest BCUT2D eigenvalue weighted by molar-refractivity contribution is -0.386. The molecule has 1 amide bonds. The molecule has 164 valence electrons. The first-order chi connectivity index (χ1) is 15.0. The van der Waals surface area contributed by atoms with Gasteiger partial charge in [-0.25, -0.2) is 0 Å². The second-order valence-electron chi connectivity index (χ2n) is 6.24.